The molecule has 1 nitrogen and oxygen atoms in total. The van der Waals surface area contributed by atoms with Crippen LogP contribution in [0.3, 0.4) is 0 Å². The monoisotopic (exact) mass is 264 g/mol. The van der Waals surface area contributed by atoms with E-state index in [1.807, 2.05) is 0 Å². The third-order valence-corrected chi connectivity index (χ3v) is 7.71. The van der Waals surface area contributed by atoms with Crippen molar-refractivity contribution in [3.05, 3.63) is 29.8 Å². The summed E-state index contributed by atoms with van der Waals surface area (Å²) in [7, 11) is -0.811. The van der Waals surface area contributed by atoms with Crippen LogP contribution in [-0.2, 0) is 6.42 Å². The van der Waals surface area contributed by atoms with E-state index >= 15 is 0 Å². The van der Waals surface area contributed by atoms with Crippen LogP contribution in [0.4, 0.5) is 0 Å². The lowest BCUT2D eigenvalue weighted by Gasteiger charge is -2.20. The average Bonchev–Trinajstić information content (AvgIpc) is 2.28. The summed E-state index contributed by atoms with van der Waals surface area (Å²) < 4.78 is 0. The number of rotatable bonds is 7. The van der Waals surface area contributed by atoms with Gasteiger partial charge in [-0.05, 0) is 23.8 Å². The van der Waals surface area contributed by atoms with Crippen molar-refractivity contribution in [1.82, 2.24) is 0 Å². The van der Waals surface area contributed by atoms with Gasteiger partial charge < -0.3 is 5.11 Å². The number of benzene rings is 1. The summed E-state index contributed by atoms with van der Waals surface area (Å²) in [5.74, 6) is 1.61. The fourth-order valence-electron chi connectivity index (χ4n) is 2.59. The topological polar surface area (TPSA) is 20.2 Å². The highest BCUT2D eigenvalue weighted by Crippen LogP contribution is 2.15. The molecule has 18 heavy (non-hydrogen) atoms. The number of hydrogen-bond donors (Lipinski definition) is 1. The van der Waals surface area contributed by atoms with Crippen LogP contribution in [0.15, 0.2) is 24.3 Å². The molecular formula is C16H28OSi. The van der Waals surface area contributed by atoms with Gasteiger partial charge in [-0.2, -0.15) is 0 Å². The molecule has 102 valence electrons. The van der Waals surface area contributed by atoms with Gasteiger partial charge in [0.1, 0.15) is 0 Å². The van der Waals surface area contributed by atoms with Gasteiger partial charge in [0, 0.05) is 6.61 Å². The van der Waals surface area contributed by atoms with Gasteiger partial charge in [0.25, 0.3) is 0 Å². The Morgan fingerprint density at radius 2 is 1.44 bits per heavy atom. The van der Waals surface area contributed by atoms with E-state index in [4.69, 9.17) is 5.11 Å². The molecule has 0 bridgehead atoms. The first-order valence-electron chi connectivity index (χ1n) is 7.22. The second kappa shape index (κ2) is 7.75. The summed E-state index contributed by atoms with van der Waals surface area (Å²) in [4.78, 5) is 0. The summed E-state index contributed by atoms with van der Waals surface area (Å²) in [6, 6.07) is 11.8. The largest absolute Gasteiger partial charge is 0.396 e. The van der Waals surface area contributed by atoms with E-state index in [9.17, 15) is 0 Å². The smallest absolute Gasteiger partial charge is 0.0713 e. The maximum absolute atomic E-state index is 8.94. The van der Waals surface area contributed by atoms with Crippen molar-refractivity contribution < 1.29 is 5.11 Å². The van der Waals surface area contributed by atoms with Crippen LogP contribution in [0.2, 0.25) is 12.1 Å². The molecule has 1 N–H and O–H groups in total. The Kier molecular flexibility index (Phi) is 6.65. The zero-order valence-corrected chi connectivity index (χ0v) is 13.5. The Labute approximate surface area is 114 Å². The molecule has 0 atom stereocenters. The van der Waals surface area contributed by atoms with Gasteiger partial charge in [0.2, 0.25) is 0 Å². The third kappa shape index (κ3) is 5.36. The van der Waals surface area contributed by atoms with Crippen LogP contribution >= 0.6 is 0 Å². The van der Waals surface area contributed by atoms with E-state index in [0.717, 1.165) is 18.3 Å². The summed E-state index contributed by atoms with van der Waals surface area (Å²) in [6.07, 6.45) is 0.779. The average molecular weight is 264 g/mol. The van der Waals surface area contributed by atoms with E-state index in [1.54, 1.807) is 5.19 Å². The van der Waals surface area contributed by atoms with Crippen molar-refractivity contribution in [3.63, 3.8) is 0 Å². The van der Waals surface area contributed by atoms with E-state index in [0.29, 0.717) is 0 Å². The lowest BCUT2D eigenvalue weighted by atomic mass is 10.2. The molecule has 2 heteroatoms. The molecule has 0 amide bonds. The van der Waals surface area contributed by atoms with Crippen molar-refractivity contribution >= 4 is 14.0 Å². The minimum atomic E-state index is -0.811. The minimum absolute atomic E-state index is 0.248. The molecule has 0 aliphatic heterocycles. The van der Waals surface area contributed by atoms with Crippen molar-refractivity contribution in [2.75, 3.05) is 6.61 Å². The molecule has 0 fully saturated rings. The van der Waals surface area contributed by atoms with Crippen LogP contribution in [0, 0.1) is 11.8 Å². The maximum atomic E-state index is 8.94. The first-order chi connectivity index (χ1) is 8.52. The van der Waals surface area contributed by atoms with Gasteiger partial charge in [-0.25, -0.2) is 0 Å². The van der Waals surface area contributed by atoms with Gasteiger partial charge in [0.15, 0.2) is 0 Å². The zero-order valence-electron chi connectivity index (χ0n) is 12.3. The molecular weight excluding hydrogens is 236 g/mol. The summed E-state index contributed by atoms with van der Waals surface area (Å²) >= 11 is 0. The first-order valence-corrected chi connectivity index (χ1v) is 9.43. The van der Waals surface area contributed by atoms with Gasteiger partial charge in [-0.1, -0.05) is 69.2 Å². The Morgan fingerprint density at radius 3 is 1.83 bits per heavy atom. The van der Waals surface area contributed by atoms with Crippen LogP contribution in [0.1, 0.15) is 33.3 Å². The van der Waals surface area contributed by atoms with Gasteiger partial charge in [0.05, 0.1) is 8.80 Å². The number of aliphatic hydroxyl groups is 1. The predicted molar refractivity (Wildman–Crippen MR) is 83.3 cm³/mol. The molecule has 0 saturated carbocycles. The first kappa shape index (κ1) is 15.5. The highest BCUT2D eigenvalue weighted by atomic mass is 28.3. The van der Waals surface area contributed by atoms with E-state index in [2.05, 4.69) is 52.0 Å². The van der Waals surface area contributed by atoms with Crippen LogP contribution < -0.4 is 5.19 Å². The SMILES string of the molecule is CC(C)C[SiH](CC(C)C)c1ccc(CCO)cc1. The molecule has 0 aliphatic rings. The van der Waals surface area contributed by atoms with Gasteiger partial charge in [-0.15, -0.1) is 0 Å². The van der Waals surface area contributed by atoms with Crippen molar-refractivity contribution in [2.45, 2.75) is 46.2 Å². The van der Waals surface area contributed by atoms with Crippen molar-refractivity contribution in [3.8, 4) is 0 Å². The van der Waals surface area contributed by atoms with Gasteiger partial charge >= 0.3 is 0 Å². The zero-order chi connectivity index (χ0) is 13.5. The Balaban J connectivity index is 2.77. The molecule has 0 aromatic heterocycles. The van der Waals surface area contributed by atoms with E-state index in [-0.39, 0.29) is 6.61 Å². The standard InChI is InChI=1S/C16H28OSi/c1-13(2)11-18(12-14(3)4)16-7-5-15(6-8-16)9-10-17/h5-8,13-14,17-18H,9-12H2,1-4H3. The fraction of sp³-hybridized carbons (Fsp3) is 0.625. The minimum Gasteiger partial charge on any atom is -0.396 e. The molecule has 1 rings (SSSR count). The Hall–Kier alpha value is -0.603. The highest BCUT2D eigenvalue weighted by molar-refractivity contribution is 6.73. The normalized spacial score (nSPS) is 11.8. The van der Waals surface area contributed by atoms with Crippen LogP contribution in [-0.4, -0.2) is 20.5 Å². The predicted octanol–water partition coefficient (Wildman–Crippen LogP) is 2.97. The van der Waals surface area contributed by atoms with Crippen LogP contribution in [0.5, 0.6) is 0 Å². The molecule has 0 spiro atoms. The van der Waals surface area contributed by atoms with Gasteiger partial charge in [-0.3, -0.25) is 0 Å². The van der Waals surface area contributed by atoms with Crippen molar-refractivity contribution in [1.29, 1.82) is 0 Å². The van der Waals surface area contributed by atoms with Crippen LogP contribution in [0.25, 0.3) is 0 Å². The summed E-state index contributed by atoms with van der Waals surface area (Å²) in [5.41, 5.74) is 1.25. The number of hydrogen-bond acceptors (Lipinski definition) is 1. The summed E-state index contributed by atoms with van der Waals surface area (Å²) in [6.45, 7) is 9.58. The lowest BCUT2D eigenvalue weighted by Crippen LogP contribution is -2.32. The van der Waals surface area contributed by atoms with E-state index in [1.165, 1.54) is 17.7 Å². The molecule has 0 radical (unpaired) electrons. The second-order valence-electron chi connectivity index (χ2n) is 6.17. The molecule has 0 saturated heterocycles. The molecule has 0 aliphatic carbocycles. The molecule has 0 heterocycles. The number of aliphatic hydroxyl groups excluding tert-OH is 1. The Morgan fingerprint density at radius 1 is 0.944 bits per heavy atom. The molecule has 1 aromatic carbocycles. The van der Waals surface area contributed by atoms with E-state index < -0.39 is 8.80 Å². The third-order valence-electron chi connectivity index (χ3n) is 3.36. The Bertz CT molecular complexity index is 319. The highest BCUT2D eigenvalue weighted by Gasteiger charge is 2.16. The second-order valence-corrected chi connectivity index (χ2v) is 9.17. The van der Waals surface area contributed by atoms with Crippen molar-refractivity contribution in [2.24, 2.45) is 11.8 Å². The lowest BCUT2D eigenvalue weighted by molar-refractivity contribution is 0.299. The fourth-order valence-corrected chi connectivity index (χ4v) is 6.34. The summed E-state index contributed by atoms with van der Waals surface area (Å²) in [5, 5.41) is 10.5. The maximum Gasteiger partial charge on any atom is 0.0713 e. The molecule has 0 unspecified atom stereocenters. The quantitative estimate of drug-likeness (QED) is 0.751. The molecule has 1 aromatic rings.